The van der Waals surface area contributed by atoms with Crippen molar-refractivity contribution in [2.24, 2.45) is 0 Å². The van der Waals surface area contributed by atoms with E-state index in [9.17, 15) is 4.79 Å². The zero-order valence-corrected chi connectivity index (χ0v) is 20.1. The summed E-state index contributed by atoms with van der Waals surface area (Å²) in [6.45, 7) is 0.330. The number of H-pyrrole nitrogens is 1. The first-order chi connectivity index (χ1) is 16.4. The lowest BCUT2D eigenvalue weighted by atomic mass is 9.84. The summed E-state index contributed by atoms with van der Waals surface area (Å²) in [5, 5.41) is 0.477. The third-order valence-corrected chi connectivity index (χ3v) is 6.27. The highest BCUT2D eigenvalue weighted by molar-refractivity contribution is 6.31. The molecular weight excluding hydrogens is 474 g/mol. The van der Waals surface area contributed by atoms with Gasteiger partial charge in [-0.25, -0.2) is 4.39 Å². The van der Waals surface area contributed by atoms with Gasteiger partial charge in [-0.1, -0.05) is 59.6 Å². The first kappa shape index (κ1) is 23.9. The lowest BCUT2D eigenvalue weighted by Crippen LogP contribution is -2.17. The number of hydrogen-bond acceptors (Lipinski definition) is 3. The molecule has 0 fully saturated rings. The van der Waals surface area contributed by atoms with E-state index >= 15 is 4.39 Å². The minimum atomic E-state index is -0.966. The molecule has 2 atom stereocenters. The first-order valence-corrected chi connectivity index (χ1v) is 11.4. The van der Waals surface area contributed by atoms with Crippen LogP contribution in [-0.2, 0) is 9.53 Å². The number of hydrogen-bond donors (Lipinski definition) is 1. The molecule has 2 unspecified atom stereocenters. The van der Waals surface area contributed by atoms with Gasteiger partial charge in [0.2, 0.25) is 0 Å². The number of nitrogens with zero attached hydrogens (tertiary/aromatic N) is 1. The number of nitrogens with one attached hydrogen (secondary N) is 1. The quantitative estimate of drug-likeness (QED) is 0.261. The molecule has 1 N–H and O–H groups in total. The second kappa shape index (κ2) is 10.3. The number of ether oxygens (including phenoxy) is 1. The summed E-state index contributed by atoms with van der Waals surface area (Å²) in [5.74, 6) is -1.17. The molecule has 1 heterocycles. The maximum atomic E-state index is 15.1. The van der Waals surface area contributed by atoms with Crippen molar-refractivity contribution in [3.05, 3.63) is 112 Å². The Bertz CT molecular complexity index is 1310. The lowest BCUT2D eigenvalue weighted by molar-refractivity contribution is -0.134. The molecule has 0 spiro atoms. The van der Waals surface area contributed by atoms with Crippen molar-refractivity contribution in [1.29, 1.82) is 0 Å². The van der Waals surface area contributed by atoms with Crippen molar-refractivity contribution in [1.82, 2.24) is 4.98 Å². The van der Waals surface area contributed by atoms with Crippen LogP contribution in [-0.4, -0.2) is 25.6 Å². The van der Waals surface area contributed by atoms with Crippen LogP contribution in [0, 0.1) is 5.82 Å². The van der Waals surface area contributed by atoms with Crippen LogP contribution in [0.3, 0.4) is 0 Å². The summed E-state index contributed by atoms with van der Waals surface area (Å²) in [4.78, 5) is 16.9. The molecule has 0 saturated carbocycles. The van der Waals surface area contributed by atoms with Crippen LogP contribution in [0.5, 0.6) is 0 Å². The summed E-state index contributed by atoms with van der Waals surface area (Å²) >= 11 is 12.3. The van der Waals surface area contributed by atoms with Gasteiger partial charge in [-0.15, -0.1) is 0 Å². The molecule has 0 aliphatic rings. The smallest absolute Gasteiger partial charge is 0.293 e. The van der Waals surface area contributed by atoms with Gasteiger partial charge in [-0.05, 0) is 53.1 Å². The van der Waals surface area contributed by atoms with Crippen LogP contribution >= 0.6 is 23.2 Å². The average molecular weight is 497 g/mol. The average Bonchev–Trinajstić information content (AvgIpc) is 3.31. The van der Waals surface area contributed by atoms with Gasteiger partial charge in [0, 0.05) is 42.3 Å². The molecule has 1 aromatic heterocycles. The van der Waals surface area contributed by atoms with E-state index in [0.717, 1.165) is 28.1 Å². The Morgan fingerprint density at radius 2 is 1.74 bits per heavy atom. The van der Waals surface area contributed by atoms with E-state index < -0.39 is 17.8 Å². The second-order valence-electron chi connectivity index (χ2n) is 8.12. The van der Waals surface area contributed by atoms with E-state index in [0.29, 0.717) is 11.5 Å². The Morgan fingerprint density at radius 3 is 2.47 bits per heavy atom. The van der Waals surface area contributed by atoms with Crippen molar-refractivity contribution in [3.8, 4) is 11.3 Å². The van der Waals surface area contributed by atoms with Gasteiger partial charge in [0.25, 0.3) is 6.47 Å². The van der Waals surface area contributed by atoms with Gasteiger partial charge in [-0.2, -0.15) is 0 Å². The molecule has 0 amide bonds. The summed E-state index contributed by atoms with van der Waals surface area (Å²) in [5.41, 5.74) is 4.68. The minimum Gasteiger partial charge on any atom is -0.459 e. The number of carbonyl (C=O) groups excluding carboxylic acids is 1. The number of halogens is 3. The van der Waals surface area contributed by atoms with E-state index in [4.69, 9.17) is 27.9 Å². The van der Waals surface area contributed by atoms with E-state index in [2.05, 4.69) is 11.1 Å². The standard InChI is InChI=1S/C27H23Cl2FN2O2/c1-32(2)21-9-4-6-17(13-21)24-14-19(15-31-24)25(18-7-3-8-20(28)12-18)27(34-16-33)22-10-5-11-23(29)26(22)30/h3-16,25,27,31H,1-2H3. The normalized spacial score (nSPS) is 12.7. The highest BCUT2D eigenvalue weighted by Crippen LogP contribution is 2.42. The van der Waals surface area contributed by atoms with Crippen LogP contribution in [0.4, 0.5) is 10.1 Å². The monoisotopic (exact) mass is 496 g/mol. The molecule has 4 aromatic rings. The maximum absolute atomic E-state index is 15.1. The first-order valence-electron chi connectivity index (χ1n) is 10.6. The van der Waals surface area contributed by atoms with Crippen molar-refractivity contribution in [3.63, 3.8) is 0 Å². The third-order valence-electron chi connectivity index (χ3n) is 5.74. The molecule has 4 nitrogen and oxygen atoms in total. The summed E-state index contributed by atoms with van der Waals surface area (Å²) in [7, 11) is 3.96. The summed E-state index contributed by atoms with van der Waals surface area (Å²) in [6.07, 6.45) is 0.874. The van der Waals surface area contributed by atoms with Gasteiger partial charge in [0.15, 0.2) is 0 Å². The van der Waals surface area contributed by atoms with E-state index in [-0.39, 0.29) is 10.6 Å². The molecule has 34 heavy (non-hydrogen) atoms. The van der Waals surface area contributed by atoms with E-state index in [1.54, 1.807) is 24.3 Å². The van der Waals surface area contributed by atoms with Gasteiger partial charge in [0.05, 0.1) is 10.9 Å². The predicted molar refractivity (Wildman–Crippen MR) is 135 cm³/mol. The summed E-state index contributed by atoms with van der Waals surface area (Å²) in [6, 6.07) is 22.0. The fourth-order valence-electron chi connectivity index (χ4n) is 4.08. The molecule has 174 valence electrons. The molecule has 0 radical (unpaired) electrons. The number of anilines is 1. The third kappa shape index (κ3) is 4.96. The topological polar surface area (TPSA) is 45.3 Å². The van der Waals surface area contributed by atoms with Crippen molar-refractivity contribution >= 4 is 35.4 Å². The van der Waals surface area contributed by atoms with Crippen LogP contribution in [0.2, 0.25) is 10.0 Å². The van der Waals surface area contributed by atoms with E-state index in [1.165, 1.54) is 6.07 Å². The fourth-order valence-corrected chi connectivity index (χ4v) is 4.46. The Morgan fingerprint density at radius 1 is 0.971 bits per heavy atom. The molecule has 0 bridgehead atoms. The largest absolute Gasteiger partial charge is 0.459 e. The van der Waals surface area contributed by atoms with Crippen molar-refractivity contribution in [2.45, 2.75) is 12.0 Å². The molecule has 0 saturated heterocycles. The molecule has 3 aromatic carbocycles. The Hall–Kier alpha value is -3.28. The van der Waals surface area contributed by atoms with Crippen LogP contribution in [0.1, 0.15) is 28.7 Å². The fraction of sp³-hybridized carbons (Fsp3) is 0.148. The molecule has 4 rings (SSSR count). The van der Waals surface area contributed by atoms with Gasteiger partial charge < -0.3 is 14.6 Å². The minimum absolute atomic E-state index is 0.0444. The van der Waals surface area contributed by atoms with Gasteiger partial charge in [-0.3, -0.25) is 4.79 Å². The Labute approximate surface area is 207 Å². The predicted octanol–water partition coefficient (Wildman–Crippen LogP) is 7.24. The number of carbonyl (C=O) groups is 1. The van der Waals surface area contributed by atoms with Crippen LogP contribution in [0.25, 0.3) is 11.3 Å². The molecular formula is C27H23Cl2FN2O2. The maximum Gasteiger partial charge on any atom is 0.293 e. The number of benzene rings is 3. The highest BCUT2D eigenvalue weighted by atomic mass is 35.5. The number of aromatic amines is 1. The SMILES string of the molecule is CN(C)c1cccc(-c2cc(C(c3cccc(Cl)c3)C(OC=O)c3cccc(Cl)c3F)c[nH]2)c1. The van der Waals surface area contributed by atoms with Gasteiger partial charge in [0.1, 0.15) is 11.9 Å². The molecule has 7 heteroatoms. The van der Waals surface area contributed by atoms with Crippen molar-refractivity contribution in [2.75, 3.05) is 19.0 Å². The Balaban J connectivity index is 1.85. The zero-order chi connectivity index (χ0) is 24.2. The second-order valence-corrected chi connectivity index (χ2v) is 8.96. The number of aromatic nitrogens is 1. The lowest BCUT2D eigenvalue weighted by Gasteiger charge is -2.27. The van der Waals surface area contributed by atoms with Crippen molar-refractivity contribution < 1.29 is 13.9 Å². The van der Waals surface area contributed by atoms with E-state index in [1.807, 2.05) is 61.6 Å². The Kier molecular flexibility index (Phi) is 7.25. The summed E-state index contributed by atoms with van der Waals surface area (Å²) < 4.78 is 20.6. The van der Waals surface area contributed by atoms with Gasteiger partial charge >= 0.3 is 0 Å². The highest BCUT2D eigenvalue weighted by Gasteiger charge is 2.32. The number of rotatable bonds is 8. The zero-order valence-electron chi connectivity index (χ0n) is 18.6. The molecule has 0 aliphatic heterocycles. The molecule has 0 aliphatic carbocycles. The van der Waals surface area contributed by atoms with Crippen LogP contribution < -0.4 is 4.90 Å². The van der Waals surface area contributed by atoms with Crippen LogP contribution in [0.15, 0.2) is 79.0 Å².